The quantitative estimate of drug-likeness (QED) is 0.436. The monoisotopic (exact) mass is 341 g/mol. The van der Waals surface area contributed by atoms with Crippen LogP contribution in [0.15, 0.2) is 58.0 Å². The minimum atomic E-state index is -0.141. The van der Waals surface area contributed by atoms with Crippen LogP contribution in [0, 0.1) is 6.92 Å². The van der Waals surface area contributed by atoms with Gasteiger partial charge in [0.05, 0.1) is 22.2 Å². The molecule has 0 saturated heterocycles. The summed E-state index contributed by atoms with van der Waals surface area (Å²) in [6.07, 6.45) is 1.65. The summed E-state index contributed by atoms with van der Waals surface area (Å²) in [5.74, 6) is 0.156. The molecular formula is C17H15N3OS2. The van der Waals surface area contributed by atoms with Crippen molar-refractivity contribution in [3.8, 4) is 0 Å². The summed E-state index contributed by atoms with van der Waals surface area (Å²) < 4.78 is 2.02. The van der Waals surface area contributed by atoms with E-state index in [0.29, 0.717) is 5.75 Å². The Morgan fingerprint density at radius 3 is 3.00 bits per heavy atom. The Morgan fingerprint density at radius 2 is 2.17 bits per heavy atom. The summed E-state index contributed by atoms with van der Waals surface area (Å²) in [5.41, 5.74) is 5.63. The van der Waals surface area contributed by atoms with Crippen molar-refractivity contribution >= 4 is 45.4 Å². The van der Waals surface area contributed by atoms with Crippen LogP contribution in [0.1, 0.15) is 11.1 Å². The molecule has 0 atom stereocenters. The lowest BCUT2D eigenvalue weighted by molar-refractivity contribution is -0.118. The lowest BCUT2D eigenvalue weighted by Crippen LogP contribution is -2.19. The predicted octanol–water partition coefficient (Wildman–Crippen LogP) is 3.85. The topological polar surface area (TPSA) is 54.4 Å². The van der Waals surface area contributed by atoms with E-state index >= 15 is 0 Å². The molecule has 0 radical (unpaired) electrons. The fourth-order valence-electron chi connectivity index (χ4n) is 2.00. The number of nitrogens with zero attached hydrogens (tertiary/aromatic N) is 2. The van der Waals surface area contributed by atoms with E-state index in [9.17, 15) is 4.79 Å². The van der Waals surface area contributed by atoms with Gasteiger partial charge in [0.2, 0.25) is 0 Å². The number of hydrogen-bond donors (Lipinski definition) is 1. The first kappa shape index (κ1) is 15.7. The minimum Gasteiger partial charge on any atom is -0.272 e. The van der Waals surface area contributed by atoms with E-state index in [4.69, 9.17) is 0 Å². The zero-order chi connectivity index (χ0) is 16.1. The molecule has 3 aromatic rings. The Bertz CT molecular complexity index is 825. The fourth-order valence-corrected chi connectivity index (χ4v) is 3.86. The zero-order valence-electron chi connectivity index (χ0n) is 12.5. The van der Waals surface area contributed by atoms with Crippen LogP contribution in [0.5, 0.6) is 0 Å². The van der Waals surface area contributed by atoms with Gasteiger partial charge in [-0.3, -0.25) is 4.79 Å². The van der Waals surface area contributed by atoms with E-state index in [1.54, 1.807) is 17.6 Å². The number of aryl methyl sites for hydroxylation is 1. The fraction of sp³-hybridized carbons (Fsp3) is 0.118. The van der Waals surface area contributed by atoms with Crippen LogP contribution in [-0.4, -0.2) is 22.9 Å². The summed E-state index contributed by atoms with van der Waals surface area (Å²) >= 11 is 3.02. The highest BCUT2D eigenvalue weighted by molar-refractivity contribution is 8.01. The standard InChI is InChI=1S/C17H15N3OS2/c1-12-5-4-6-13(9-12)10-18-20-16(21)11-22-17-19-14-7-2-3-8-15(14)23-17/h2-10H,11H2,1H3,(H,20,21)/b18-10+. The number of carbonyl (C=O) groups excluding carboxylic acids is 1. The van der Waals surface area contributed by atoms with Crippen molar-refractivity contribution < 1.29 is 4.79 Å². The zero-order valence-corrected chi connectivity index (χ0v) is 14.2. The second-order valence-electron chi connectivity index (χ2n) is 4.94. The number of thiazole rings is 1. The molecule has 116 valence electrons. The number of hydrazone groups is 1. The van der Waals surface area contributed by atoms with Gasteiger partial charge < -0.3 is 0 Å². The average Bonchev–Trinajstić information content (AvgIpc) is 2.96. The van der Waals surface area contributed by atoms with Crippen LogP contribution in [0.4, 0.5) is 0 Å². The van der Waals surface area contributed by atoms with E-state index in [-0.39, 0.29) is 5.91 Å². The molecule has 1 aromatic heterocycles. The van der Waals surface area contributed by atoms with Crippen molar-refractivity contribution in [2.24, 2.45) is 5.10 Å². The van der Waals surface area contributed by atoms with Crippen molar-refractivity contribution in [1.29, 1.82) is 0 Å². The van der Waals surface area contributed by atoms with E-state index in [0.717, 1.165) is 25.7 Å². The van der Waals surface area contributed by atoms with Gasteiger partial charge in [-0.25, -0.2) is 10.4 Å². The van der Waals surface area contributed by atoms with Crippen LogP contribution >= 0.6 is 23.1 Å². The number of amides is 1. The highest BCUT2D eigenvalue weighted by atomic mass is 32.2. The molecule has 0 aliphatic heterocycles. The van der Waals surface area contributed by atoms with Gasteiger partial charge in [0.1, 0.15) is 0 Å². The third-order valence-electron chi connectivity index (χ3n) is 3.05. The molecule has 3 rings (SSSR count). The molecule has 2 aromatic carbocycles. The molecule has 0 spiro atoms. The molecular weight excluding hydrogens is 326 g/mol. The smallest absolute Gasteiger partial charge is 0.250 e. The molecule has 4 nitrogen and oxygen atoms in total. The largest absolute Gasteiger partial charge is 0.272 e. The Labute approximate surface area is 142 Å². The summed E-state index contributed by atoms with van der Waals surface area (Å²) in [6.45, 7) is 2.02. The number of fused-ring (bicyclic) bond motifs is 1. The molecule has 0 bridgehead atoms. The normalized spacial score (nSPS) is 11.2. The van der Waals surface area contributed by atoms with Gasteiger partial charge in [-0.2, -0.15) is 5.10 Å². The first-order chi connectivity index (χ1) is 11.2. The predicted molar refractivity (Wildman–Crippen MR) is 97.3 cm³/mol. The van der Waals surface area contributed by atoms with Gasteiger partial charge >= 0.3 is 0 Å². The number of aromatic nitrogens is 1. The van der Waals surface area contributed by atoms with Crippen molar-refractivity contribution in [1.82, 2.24) is 10.4 Å². The molecule has 1 heterocycles. The number of para-hydroxylation sites is 1. The summed E-state index contributed by atoms with van der Waals surface area (Å²) in [4.78, 5) is 16.3. The highest BCUT2D eigenvalue weighted by Gasteiger charge is 2.06. The summed E-state index contributed by atoms with van der Waals surface area (Å²) in [6, 6.07) is 15.9. The Morgan fingerprint density at radius 1 is 1.30 bits per heavy atom. The molecule has 1 amide bonds. The maximum Gasteiger partial charge on any atom is 0.250 e. The first-order valence-electron chi connectivity index (χ1n) is 7.08. The van der Waals surface area contributed by atoms with Crippen molar-refractivity contribution in [2.45, 2.75) is 11.3 Å². The Hall–Kier alpha value is -2.18. The number of carbonyl (C=O) groups is 1. The Balaban J connectivity index is 1.51. The maximum atomic E-state index is 11.8. The van der Waals surface area contributed by atoms with E-state index in [1.165, 1.54) is 11.8 Å². The molecule has 0 unspecified atom stereocenters. The third kappa shape index (κ3) is 4.40. The van der Waals surface area contributed by atoms with Crippen LogP contribution in [0.3, 0.4) is 0 Å². The van der Waals surface area contributed by atoms with E-state index in [2.05, 4.69) is 15.5 Å². The van der Waals surface area contributed by atoms with Crippen molar-refractivity contribution in [2.75, 3.05) is 5.75 Å². The van der Waals surface area contributed by atoms with Crippen LogP contribution in [-0.2, 0) is 4.79 Å². The average molecular weight is 341 g/mol. The van der Waals surface area contributed by atoms with Gasteiger partial charge in [0.25, 0.3) is 5.91 Å². The van der Waals surface area contributed by atoms with Gasteiger partial charge in [0.15, 0.2) is 4.34 Å². The van der Waals surface area contributed by atoms with Gasteiger partial charge in [-0.15, -0.1) is 11.3 Å². The van der Waals surface area contributed by atoms with Crippen molar-refractivity contribution in [3.05, 3.63) is 59.7 Å². The number of thioether (sulfide) groups is 1. The first-order valence-corrected chi connectivity index (χ1v) is 8.88. The molecule has 0 fully saturated rings. The third-order valence-corrected chi connectivity index (χ3v) is 5.23. The van der Waals surface area contributed by atoms with Gasteiger partial charge in [-0.1, -0.05) is 53.7 Å². The number of benzene rings is 2. The Kier molecular flexibility index (Phi) is 5.05. The number of hydrogen-bond acceptors (Lipinski definition) is 5. The van der Waals surface area contributed by atoms with Gasteiger partial charge in [-0.05, 0) is 24.6 Å². The molecule has 0 aliphatic carbocycles. The molecule has 6 heteroatoms. The number of nitrogens with one attached hydrogen (secondary N) is 1. The molecule has 1 N–H and O–H groups in total. The SMILES string of the molecule is Cc1cccc(/C=N/NC(=O)CSc2nc3ccccc3s2)c1. The van der Waals surface area contributed by atoms with Crippen LogP contribution < -0.4 is 5.43 Å². The van der Waals surface area contributed by atoms with Gasteiger partial charge in [0, 0.05) is 0 Å². The van der Waals surface area contributed by atoms with Crippen LogP contribution in [0.2, 0.25) is 0 Å². The minimum absolute atomic E-state index is 0.141. The van der Waals surface area contributed by atoms with Crippen LogP contribution in [0.25, 0.3) is 10.2 Å². The molecule has 0 saturated carbocycles. The summed E-state index contributed by atoms with van der Waals surface area (Å²) in [5, 5.41) is 3.98. The molecule has 0 aliphatic rings. The highest BCUT2D eigenvalue weighted by Crippen LogP contribution is 2.28. The number of rotatable bonds is 5. The molecule has 23 heavy (non-hydrogen) atoms. The van der Waals surface area contributed by atoms with E-state index < -0.39 is 0 Å². The second-order valence-corrected chi connectivity index (χ2v) is 7.20. The van der Waals surface area contributed by atoms with E-state index in [1.807, 2.05) is 55.5 Å². The lowest BCUT2D eigenvalue weighted by atomic mass is 10.2. The lowest BCUT2D eigenvalue weighted by Gasteiger charge is -1.98. The van der Waals surface area contributed by atoms with Crippen molar-refractivity contribution in [3.63, 3.8) is 0 Å². The second kappa shape index (κ2) is 7.39. The summed E-state index contributed by atoms with van der Waals surface area (Å²) in [7, 11) is 0. The maximum absolute atomic E-state index is 11.8.